The summed E-state index contributed by atoms with van der Waals surface area (Å²) in [6.07, 6.45) is 0.434. The molecule has 1 aromatic heterocycles. The van der Waals surface area contributed by atoms with E-state index >= 15 is 0 Å². The molecule has 1 aromatic carbocycles. The highest BCUT2D eigenvalue weighted by Crippen LogP contribution is 2.37. The van der Waals surface area contributed by atoms with Crippen molar-refractivity contribution in [1.82, 2.24) is 10.1 Å². The number of aliphatic carboxylic acids is 1. The number of aromatic nitrogens is 1. The van der Waals surface area contributed by atoms with Gasteiger partial charge in [-0.2, -0.15) is 0 Å². The first-order chi connectivity index (χ1) is 13.6. The van der Waals surface area contributed by atoms with E-state index in [1.165, 1.54) is 0 Å². The first kappa shape index (κ1) is 21.2. The molecule has 0 aliphatic carbocycles. The van der Waals surface area contributed by atoms with Gasteiger partial charge in [0.15, 0.2) is 0 Å². The fraction of sp³-hybridized carbons (Fsp3) is 0.476. The maximum atomic E-state index is 12.3. The lowest BCUT2D eigenvalue weighted by Crippen LogP contribution is -2.48. The van der Waals surface area contributed by atoms with E-state index in [1.54, 1.807) is 43.9 Å². The topological polar surface area (TPSA) is 92.9 Å². The van der Waals surface area contributed by atoms with Crippen molar-refractivity contribution >= 4 is 23.7 Å². The van der Waals surface area contributed by atoms with Crippen LogP contribution in [-0.2, 0) is 16.0 Å². The van der Waals surface area contributed by atoms with E-state index in [-0.39, 0.29) is 6.42 Å². The molecular formula is C21H25ClN2O5. The van der Waals surface area contributed by atoms with E-state index in [1.807, 2.05) is 12.1 Å². The standard InChI is InChI=1S/C21H25ClN2O5/c1-20(2,3)28-19(27)24-10-8-21(9-11-24,18(25)26)13-16-12-17(23-29-16)14-4-6-15(22)7-5-14/h4-7,12H,8-11,13H2,1-3H3,(H,25,26). The van der Waals surface area contributed by atoms with Crippen molar-refractivity contribution in [3.63, 3.8) is 0 Å². The van der Waals surface area contributed by atoms with Gasteiger partial charge in [-0.15, -0.1) is 0 Å². The third-order valence-corrected chi connectivity index (χ3v) is 5.29. The molecule has 0 atom stereocenters. The molecule has 0 saturated carbocycles. The van der Waals surface area contributed by atoms with E-state index in [9.17, 15) is 14.7 Å². The van der Waals surface area contributed by atoms with Crippen molar-refractivity contribution < 1.29 is 24.0 Å². The van der Waals surface area contributed by atoms with E-state index in [4.69, 9.17) is 20.9 Å². The Labute approximate surface area is 174 Å². The maximum absolute atomic E-state index is 12.3. The number of carbonyl (C=O) groups is 2. The summed E-state index contributed by atoms with van der Waals surface area (Å²) in [4.78, 5) is 25.9. The van der Waals surface area contributed by atoms with Crippen molar-refractivity contribution in [2.24, 2.45) is 5.41 Å². The first-order valence-corrected chi connectivity index (χ1v) is 9.89. The third kappa shape index (κ3) is 5.09. The highest BCUT2D eigenvalue weighted by atomic mass is 35.5. The summed E-state index contributed by atoms with van der Waals surface area (Å²) < 4.78 is 10.8. The van der Waals surface area contributed by atoms with E-state index in [0.29, 0.717) is 42.4 Å². The van der Waals surface area contributed by atoms with Gasteiger partial charge in [-0.25, -0.2) is 4.79 Å². The molecule has 3 rings (SSSR count). The van der Waals surface area contributed by atoms with Crippen LogP contribution in [0.2, 0.25) is 5.02 Å². The zero-order valence-electron chi connectivity index (χ0n) is 16.8. The second-order valence-corrected chi connectivity index (χ2v) is 8.85. The van der Waals surface area contributed by atoms with Crippen LogP contribution in [0.25, 0.3) is 11.3 Å². The summed E-state index contributed by atoms with van der Waals surface area (Å²) >= 11 is 5.91. The molecule has 2 heterocycles. The van der Waals surface area contributed by atoms with Crippen molar-refractivity contribution in [2.75, 3.05) is 13.1 Å². The highest BCUT2D eigenvalue weighted by Gasteiger charge is 2.44. The number of halogens is 1. The number of piperidine rings is 1. The molecule has 1 saturated heterocycles. The van der Waals surface area contributed by atoms with Crippen LogP contribution in [0.15, 0.2) is 34.9 Å². The quantitative estimate of drug-likeness (QED) is 0.774. The zero-order valence-corrected chi connectivity index (χ0v) is 17.5. The molecule has 0 spiro atoms. The van der Waals surface area contributed by atoms with Gasteiger partial charge >= 0.3 is 12.1 Å². The summed E-state index contributed by atoms with van der Waals surface area (Å²) in [7, 11) is 0. The number of amides is 1. The molecular weight excluding hydrogens is 396 g/mol. The minimum atomic E-state index is -1.00. The lowest BCUT2D eigenvalue weighted by Gasteiger charge is -2.38. The number of benzene rings is 1. The lowest BCUT2D eigenvalue weighted by molar-refractivity contribution is -0.152. The van der Waals surface area contributed by atoms with Gasteiger partial charge in [0.25, 0.3) is 0 Å². The van der Waals surface area contributed by atoms with E-state index in [0.717, 1.165) is 5.56 Å². The Kier molecular flexibility index (Phi) is 5.89. The smallest absolute Gasteiger partial charge is 0.410 e. The summed E-state index contributed by atoms with van der Waals surface area (Å²) in [5.41, 5.74) is -0.122. The summed E-state index contributed by atoms with van der Waals surface area (Å²) in [5.74, 6) is -0.395. The molecule has 29 heavy (non-hydrogen) atoms. The number of nitrogens with zero attached hydrogens (tertiary/aromatic N) is 2. The number of carbonyl (C=O) groups excluding carboxylic acids is 1. The van der Waals surface area contributed by atoms with Crippen LogP contribution in [0.1, 0.15) is 39.4 Å². The number of carboxylic acids is 1. The Morgan fingerprint density at radius 1 is 1.24 bits per heavy atom. The number of ether oxygens (including phenoxy) is 1. The van der Waals surface area contributed by atoms with E-state index < -0.39 is 23.1 Å². The van der Waals surface area contributed by atoms with Crippen molar-refractivity contribution in [3.05, 3.63) is 41.1 Å². The number of hydrogen-bond acceptors (Lipinski definition) is 5. The first-order valence-electron chi connectivity index (χ1n) is 9.51. The molecule has 0 bridgehead atoms. The van der Waals surface area contributed by atoms with Gasteiger partial charge in [-0.1, -0.05) is 28.9 Å². The average molecular weight is 421 g/mol. The van der Waals surface area contributed by atoms with Crippen molar-refractivity contribution in [1.29, 1.82) is 0 Å². The Balaban J connectivity index is 1.69. The van der Waals surface area contributed by atoms with Gasteiger partial charge in [0.1, 0.15) is 17.1 Å². The average Bonchev–Trinajstić information content (AvgIpc) is 3.09. The van der Waals surface area contributed by atoms with Gasteiger partial charge < -0.3 is 19.3 Å². The Morgan fingerprint density at radius 3 is 2.41 bits per heavy atom. The molecule has 1 N–H and O–H groups in total. The van der Waals surface area contributed by atoms with Crippen LogP contribution >= 0.6 is 11.6 Å². The number of rotatable bonds is 4. The normalized spacial score (nSPS) is 16.5. The molecule has 1 aliphatic rings. The molecule has 7 nitrogen and oxygen atoms in total. The molecule has 1 aliphatic heterocycles. The SMILES string of the molecule is CC(C)(C)OC(=O)N1CCC(Cc2cc(-c3ccc(Cl)cc3)no2)(C(=O)O)CC1. The number of hydrogen-bond donors (Lipinski definition) is 1. The van der Waals surface area contributed by atoms with Gasteiger partial charge in [0.05, 0.1) is 5.41 Å². The molecule has 0 unspecified atom stereocenters. The molecule has 1 fully saturated rings. The Morgan fingerprint density at radius 2 is 1.86 bits per heavy atom. The molecule has 2 aromatic rings. The molecule has 156 valence electrons. The molecule has 1 amide bonds. The van der Waals surface area contributed by atoms with Gasteiger partial charge in [-0.05, 0) is 45.7 Å². The highest BCUT2D eigenvalue weighted by molar-refractivity contribution is 6.30. The number of carboxylic acid groups (broad SMARTS) is 1. The predicted molar refractivity (Wildman–Crippen MR) is 108 cm³/mol. The minimum absolute atomic E-state index is 0.213. The fourth-order valence-corrected chi connectivity index (χ4v) is 3.52. The second kappa shape index (κ2) is 8.06. The summed E-state index contributed by atoms with van der Waals surface area (Å²) in [6.45, 7) is 6.05. The van der Waals surface area contributed by atoms with Crippen molar-refractivity contribution in [2.45, 2.75) is 45.6 Å². The third-order valence-electron chi connectivity index (χ3n) is 5.04. The second-order valence-electron chi connectivity index (χ2n) is 8.42. The Hall–Kier alpha value is -2.54. The fourth-order valence-electron chi connectivity index (χ4n) is 3.40. The number of likely N-dealkylation sites (tertiary alicyclic amines) is 1. The van der Waals surface area contributed by atoms with Crippen LogP contribution in [0.4, 0.5) is 4.79 Å². The van der Waals surface area contributed by atoms with Gasteiger partial charge in [0, 0.05) is 36.2 Å². The summed E-state index contributed by atoms with van der Waals surface area (Å²) in [6, 6.07) is 8.94. The minimum Gasteiger partial charge on any atom is -0.481 e. The van der Waals surface area contributed by atoms with Crippen LogP contribution in [0, 0.1) is 5.41 Å². The zero-order chi connectivity index (χ0) is 21.2. The Bertz CT molecular complexity index is 877. The molecule has 0 radical (unpaired) electrons. The summed E-state index contributed by atoms with van der Waals surface area (Å²) in [5, 5.41) is 14.6. The van der Waals surface area contributed by atoms with Crippen molar-refractivity contribution in [3.8, 4) is 11.3 Å². The largest absolute Gasteiger partial charge is 0.481 e. The van der Waals surface area contributed by atoms with Crippen LogP contribution in [0.3, 0.4) is 0 Å². The van der Waals surface area contributed by atoms with Crippen LogP contribution < -0.4 is 0 Å². The van der Waals surface area contributed by atoms with E-state index in [2.05, 4.69) is 5.16 Å². The lowest BCUT2D eigenvalue weighted by atomic mass is 9.75. The van der Waals surface area contributed by atoms with Crippen LogP contribution in [-0.4, -0.2) is 45.9 Å². The van der Waals surface area contributed by atoms with Crippen LogP contribution in [0.5, 0.6) is 0 Å². The molecule has 8 heteroatoms. The monoisotopic (exact) mass is 420 g/mol. The van der Waals surface area contributed by atoms with Gasteiger partial charge in [0.2, 0.25) is 0 Å². The maximum Gasteiger partial charge on any atom is 0.410 e. The predicted octanol–water partition coefficient (Wildman–Crippen LogP) is 4.64. The van der Waals surface area contributed by atoms with Gasteiger partial charge in [-0.3, -0.25) is 4.79 Å².